The van der Waals surface area contributed by atoms with Gasteiger partial charge in [-0.15, -0.1) is 0 Å². The molecular formula is C21H26N4O2S. The van der Waals surface area contributed by atoms with Crippen LogP contribution >= 0.6 is 11.8 Å². The fourth-order valence-corrected chi connectivity index (χ4v) is 6.24. The Morgan fingerprint density at radius 2 is 1.93 bits per heavy atom. The van der Waals surface area contributed by atoms with Crippen molar-refractivity contribution in [2.45, 2.75) is 30.4 Å². The summed E-state index contributed by atoms with van der Waals surface area (Å²) >= 11 is 1.99. The van der Waals surface area contributed by atoms with Crippen molar-refractivity contribution in [2.24, 2.45) is 0 Å². The second-order valence-electron chi connectivity index (χ2n) is 8.04. The van der Waals surface area contributed by atoms with Gasteiger partial charge in [0.15, 0.2) is 0 Å². The van der Waals surface area contributed by atoms with E-state index in [9.17, 15) is 9.90 Å². The van der Waals surface area contributed by atoms with Gasteiger partial charge in [-0.05, 0) is 24.0 Å². The van der Waals surface area contributed by atoms with E-state index in [1.54, 1.807) is 6.20 Å². The summed E-state index contributed by atoms with van der Waals surface area (Å²) in [6.45, 7) is 3.38. The van der Waals surface area contributed by atoms with E-state index in [2.05, 4.69) is 39.1 Å². The van der Waals surface area contributed by atoms with E-state index in [-0.39, 0.29) is 17.4 Å². The number of aliphatic hydroxyl groups excluding tert-OH is 1. The summed E-state index contributed by atoms with van der Waals surface area (Å²) in [5.41, 5.74) is 2.86. The second kappa shape index (κ2) is 7.21. The number of nitrogens with zero attached hydrogens (tertiary/aromatic N) is 3. The monoisotopic (exact) mass is 398 g/mol. The number of hydrogen-bond donors (Lipinski definition) is 2. The van der Waals surface area contributed by atoms with Crippen molar-refractivity contribution in [2.75, 3.05) is 37.7 Å². The van der Waals surface area contributed by atoms with Crippen LogP contribution < -0.4 is 0 Å². The molecule has 7 heteroatoms. The molecule has 6 nitrogen and oxygen atoms in total. The van der Waals surface area contributed by atoms with Crippen LogP contribution in [0.5, 0.6) is 0 Å². The number of imidazole rings is 1. The normalized spacial score (nSPS) is 27.1. The number of rotatable bonds is 2. The van der Waals surface area contributed by atoms with Gasteiger partial charge in [0.25, 0.3) is 5.91 Å². The molecule has 2 saturated heterocycles. The van der Waals surface area contributed by atoms with Crippen LogP contribution in [0.15, 0.2) is 36.8 Å². The lowest BCUT2D eigenvalue weighted by Crippen LogP contribution is -2.51. The third kappa shape index (κ3) is 2.79. The summed E-state index contributed by atoms with van der Waals surface area (Å²) in [5.74, 6) is 2.26. The van der Waals surface area contributed by atoms with E-state index < -0.39 is 6.10 Å². The number of aromatic nitrogens is 2. The summed E-state index contributed by atoms with van der Waals surface area (Å²) in [7, 11) is 0. The lowest BCUT2D eigenvalue weighted by Gasteiger charge is -2.44. The summed E-state index contributed by atoms with van der Waals surface area (Å²) in [6.07, 6.45) is 4.29. The molecule has 0 unspecified atom stereocenters. The molecule has 28 heavy (non-hydrogen) atoms. The van der Waals surface area contributed by atoms with Gasteiger partial charge in [0.05, 0.1) is 24.7 Å². The molecule has 2 fully saturated rings. The number of carbonyl (C=O) groups is 1. The van der Waals surface area contributed by atoms with E-state index in [1.807, 2.05) is 16.7 Å². The number of nitrogens with one attached hydrogen (secondary N) is 1. The van der Waals surface area contributed by atoms with Crippen LogP contribution in [-0.4, -0.2) is 74.6 Å². The Kier molecular flexibility index (Phi) is 4.69. The molecule has 1 aliphatic carbocycles. The van der Waals surface area contributed by atoms with Crippen LogP contribution in [0.4, 0.5) is 0 Å². The molecule has 1 aromatic heterocycles. The Bertz CT molecular complexity index is 842. The number of likely N-dealkylation sites (tertiary alicyclic amines) is 1. The van der Waals surface area contributed by atoms with Crippen molar-refractivity contribution < 1.29 is 9.90 Å². The van der Waals surface area contributed by atoms with Gasteiger partial charge in [-0.25, -0.2) is 4.98 Å². The van der Waals surface area contributed by atoms with Crippen LogP contribution in [0.25, 0.3) is 0 Å². The molecule has 2 aromatic rings. The molecule has 2 N–H and O–H groups in total. The summed E-state index contributed by atoms with van der Waals surface area (Å²) in [6, 6.07) is 8.65. The molecular weight excluding hydrogens is 372 g/mol. The lowest BCUT2D eigenvalue weighted by atomic mass is 9.72. The summed E-state index contributed by atoms with van der Waals surface area (Å²) < 4.78 is 0. The Hall–Kier alpha value is -1.83. The van der Waals surface area contributed by atoms with Crippen molar-refractivity contribution in [3.8, 4) is 0 Å². The first-order valence-corrected chi connectivity index (χ1v) is 11.2. The van der Waals surface area contributed by atoms with E-state index in [0.29, 0.717) is 18.8 Å². The fourth-order valence-electron chi connectivity index (χ4n) is 5.31. The van der Waals surface area contributed by atoms with Gasteiger partial charge in [-0.3, -0.25) is 9.69 Å². The molecule has 5 rings (SSSR count). The number of aliphatic hydroxyl groups is 1. The number of H-pyrrole nitrogens is 1. The van der Waals surface area contributed by atoms with E-state index in [4.69, 9.17) is 0 Å². The molecule has 0 radical (unpaired) electrons. The minimum Gasteiger partial charge on any atom is -0.390 e. The largest absolute Gasteiger partial charge is 0.390 e. The number of piperidine rings is 1. The molecule has 2 atom stereocenters. The zero-order valence-corrected chi connectivity index (χ0v) is 16.7. The van der Waals surface area contributed by atoms with E-state index in [1.165, 1.54) is 17.5 Å². The molecule has 3 aliphatic rings. The van der Waals surface area contributed by atoms with E-state index in [0.717, 1.165) is 37.4 Å². The highest BCUT2D eigenvalue weighted by Gasteiger charge is 2.54. The first-order chi connectivity index (χ1) is 13.7. The first kappa shape index (κ1) is 18.2. The minimum absolute atomic E-state index is 0.00210. The lowest BCUT2D eigenvalue weighted by molar-refractivity contribution is -0.0113. The number of carbonyl (C=O) groups excluding carboxylic acids is 1. The Morgan fingerprint density at radius 3 is 2.64 bits per heavy atom. The number of thioether (sulfide) groups is 1. The van der Waals surface area contributed by atoms with Crippen LogP contribution in [0, 0.1) is 0 Å². The molecule has 148 valence electrons. The fraction of sp³-hybridized carbons (Fsp3) is 0.524. The Balaban J connectivity index is 1.41. The van der Waals surface area contributed by atoms with Gasteiger partial charge in [0.1, 0.15) is 5.69 Å². The van der Waals surface area contributed by atoms with Gasteiger partial charge >= 0.3 is 0 Å². The zero-order chi connectivity index (χ0) is 19.1. The summed E-state index contributed by atoms with van der Waals surface area (Å²) in [5, 5.41) is 11.6. The maximum Gasteiger partial charge on any atom is 0.271 e. The van der Waals surface area contributed by atoms with Gasteiger partial charge in [0.2, 0.25) is 0 Å². The predicted molar refractivity (Wildman–Crippen MR) is 109 cm³/mol. The molecule has 1 aromatic carbocycles. The highest BCUT2D eigenvalue weighted by molar-refractivity contribution is 7.99. The van der Waals surface area contributed by atoms with Crippen molar-refractivity contribution in [3.05, 3.63) is 53.6 Å². The second-order valence-corrected chi connectivity index (χ2v) is 9.26. The minimum atomic E-state index is -0.419. The first-order valence-electron chi connectivity index (χ1n) is 10.1. The highest BCUT2D eigenvalue weighted by Crippen LogP contribution is 2.53. The maximum absolute atomic E-state index is 12.7. The van der Waals surface area contributed by atoms with Crippen molar-refractivity contribution in [1.29, 1.82) is 0 Å². The average Bonchev–Trinajstić information content (AvgIpc) is 3.36. The van der Waals surface area contributed by atoms with E-state index >= 15 is 0 Å². The topological polar surface area (TPSA) is 72.5 Å². The number of hydrogen-bond acceptors (Lipinski definition) is 5. The molecule has 0 saturated carbocycles. The van der Waals surface area contributed by atoms with Gasteiger partial charge in [-0.1, -0.05) is 24.3 Å². The number of amides is 1. The number of aromatic amines is 1. The molecule has 1 amide bonds. The predicted octanol–water partition coefficient (Wildman–Crippen LogP) is 2.05. The molecule has 0 bridgehead atoms. The van der Waals surface area contributed by atoms with Gasteiger partial charge in [0, 0.05) is 43.1 Å². The Morgan fingerprint density at radius 1 is 1.18 bits per heavy atom. The SMILES string of the molecule is O=C(c1cnc[nH]1)N1CCC2(CC1)c1ccccc1[C@@H](N1CCSCC1)[C@@H]2O. The van der Waals surface area contributed by atoms with Crippen LogP contribution in [-0.2, 0) is 5.41 Å². The van der Waals surface area contributed by atoms with Crippen molar-refractivity contribution >= 4 is 17.7 Å². The third-order valence-corrected chi connectivity index (χ3v) is 7.73. The van der Waals surface area contributed by atoms with Crippen LogP contribution in [0.1, 0.15) is 40.5 Å². The van der Waals surface area contributed by atoms with Crippen LogP contribution in [0.3, 0.4) is 0 Å². The number of fused-ring (bicyclic) bond motifs is 2. The highest BCUT2D eigenvalue weighted by atomic mass is 32.2. The van der Waals surface area contributed by atoms with Gasteiger partial charge < -0.3 is 15.0 Å². The Labute approximate surface area is 169 Å². The van der Waals surface area contributed by atoms with Crippen LogP contribution in [0.2, 0.25) is 0 Å². The maximum atomic E-state index is 12.7. The van der Waals surface area contributed by atoms with Crippen molar-refractivity contribution in [3.63, 3.8) is 0 Å². The molecule has 1 spiro atoms. The smallest absolute Gasteiger partial charge is 0.271 e. The zero-order valence-electron chi connectivity index (χ0n) is 15.9. The third-order valence-electron chi connectivity index (χ3n) is 6.79. The molecule has 2 aliphatic heterocycles. The van der Waals surface area contributed by atoms with Gasteiger partial charge in [-0.2, -0.15) is 11.8 Å². The quantitative estimate of drug-likeness (QED) is 0.810. The standard InChI is InChI=1S/C21H26N4O2S/c26-19-18(24-9-11-28-12-10-24)15-3-1-2-4-16(15)21(19)5-7-25(8-6-21)20(27)17-13-22-14-23-17/h1-4,13-14,18-19,26H,5-12H2,(H,22,23)/t18-,19+/m1/s1. The number of benzene rings is 1. The summed E-state index contributed by atoms with van der Waals surface area (Å²) in [4.78, 5) is 23.9. The van der Waals surface area contributed by atoms with Crippen molar-refractivity contribution in [1.82, 2.24) is 19.8 Å². The molecule has 3 heterocycles. The average molecular weight is 399 g/mol.